The summed E-state index contributed by atoms with van der Waals surface area (Å²) in [7, 11) is 1.38. The highest BCUT2D eigenvalue weighted by atomic mass is 19.4. The number of nitrogens with zero attached hydrogens (tertiary/aromatic N) is 1. The molecule has 20 heavy (non-hydrogen) atoms. The van der Waals surface area contributed by atoms with Gasteiger partial charge >= 0.3 is 6.18 Å². The molecule has 4 nitrogen and oxygen atoms in total. The molecule has 3 N–H and O–H groups in total. The van der Waals surface area contributed by atoms with Gasteiger partial charge in [0.25, 0.3) is 0 Å². The second-order valence-corrected chi connectivity index (χ2v) is 4.63. The number of carbonyl (C=O) groups is 1. The molecule has 0 aliphatic heterocycles. The van der Waals surface area contributed by atoms with Crippen molar-refractivity contribution in [1.29, 1.82) is 0 Å². The Labute approximate surface area is 115 Å². The fourth-order valence-corrected chi connectivity index (χ4v) is 1.68. The maximum Gasteiger partial charge on any atom is 0.401 e. The van der Waals surface area contributed by atoms with Gasteiger partial charge in [-0.25, -0.2) is 0 Å². The van der Waals surface area contributed by atoms with Crippen molar-refractivity contribution in [2.75, 3.05) is 31.2 Å². The van der Waals surface area contributed by atoms with Gasteiger partial charge in [-0.05, 0) is 44.3 Å². The summed E-state index contributed by atoms with van der Waals surface area (Å²) in [5.41, 5.74) is 6.72. The standard InChI is InChI=1S/C13H18F3N3O/c1-19(9-13(14,15)16)8-2-3-12(20)18-11-6-4-10(17)5-7-11/h4-7H,2-3,8-9,17H2,1H3,(H,18,20). The quantitative estimate of drug-likeness (QED) is 0.791. The van der Waals surface area contributed by atoms with Crippen molar-refractivity contribution >= 4 is 17.3 Å². The van der Waals surface area contributed by atoms with Gasteiger partial charge < -0.3 is 11.1 Å². The van der Waals surface area contributed by atoms with Gasteiger partial charge in [0.05, 0.1) is 6.54 Å². The van der Waals surface area contributed by atoms with Gasteiger partial charge in [0, 0.05) is 17.8 Å². The van der Waals surface area contributed by atoms with Crippen LogP contribution in [0.5, 0.6) is 0 Å². The molecule has 1 amide bonds. The SMILES string of the molecule is CN(CCCC(=O)Nc1ccc(N)cc1)CC(F)(F)F. The third kappa shape index (κ3) is 6.98. The summed E-state index contributed by atoms with van der Waals surface area (Å²) >= 11 is 0. The van der Waals surface area contributed by atoms with E-state index in [1.807, 2.05) is 0 Å². The first-order valence-electron chi connectivity index (χ1n) is 6.17. The minimum Gasteiger partial charge on any atom is -0.399 e. The second-order valence-electron chi connectivity index (χ2n) is 4.63. The van der Waals surface area contributed by atoms with Crippen LogP contribution >= 0.6 is 0 Å². The molecule has 1 aromatic rings. The molecule has 7 heteroatoms. The summed E-state index contributed by atoms with van der Waals surface area (Å²) in [5, 5.41) is 2.66. The van der Waals surface area contributed by atoms with E-state index in [2.05, 4.69) is 5.32 Å². The van der Waals surface area contributed by atoms with E-state index in [1.54, 1.807) is 24.3 Å². The van der Waals surface area contributed by atoms with Crippen molar-refractivity contribution < 1.29 is 18.0 Å². The Kier molecular flexibility index (Phi) is 5.82. The predicted octanol–water partition coefficient (Wildman–Crippen LogP) is 2.48. The molecular formula is C13H18F3N3O. The Morgan fingerprint density at radius 1 is 1.30 bits per heavy atom. The van der Waals surface area contributed by atoms with Crippen LogP contribution in [0.1, 0.15) is 12.8 Å². The number of anilines is 2. The van der Waals surface area contributed by atoms with Gasteiger partial charge in [0.1, 0.15) is 0 Å². The molecule has 0 fully saturated rings. The summed E-state index contributed by atoms with van der Waals surface area (Å²) in [4.78, 5) is 12.7. The summed E-state index contributed by atoms with van der Waals surface area (Å²) in [6, 6.07) is 6.66. The van der Waals surface area contributed by atoms with Gasteiger partial charge in [0.2, 0.25) is 5.91 Å². The first-order valence-corrected chi connectivity index (χ1v) is 6.17. The number of halogens is 3. The predicted molar refractivity (Wildman–Crippen MR) is 72.3 cm³/mol. The lowest BCUT2D eigenvalue weighted by molar-refractivity contribution is -0.143. The monoisotopic (exact) mass is 289 g/mol. The van der Waals surface area contributed by atoms with Crippen LogP contribution in [0.4, 0.5) is 24.5 Å². The van der Waals surface area contributed by atoms with E-state index in [4.69, 9.17) is 5.73 Å². The van der Waals surface area contributed by atoms with Crippen molar-refractivity contribution in [2.45, 2.75) is 19.0 Å². The lowest BCUT2D eigenvalue weighted by Gasteiger charge is -2.18. The van der Waals surface area contributed by atoms with Crippen LogP contribution in [-0.2, 0) is 4.79 Å². The highest BCUT2D eigenvalue weighted by Gasteiger charge is 2.28. The third-order valence-electron chi connectivity index (χ3n) is 2.59. The normalized spacial score (nSPS) is 11.7. The van der Waals surface area contributed by atoms with Gasteiger partial charge in [-0.1, -0.05) is 0 Å². The number of amides is 1. The number of benzene rings is 1. The number of hydrogen-bond donors (Lipinski definition) is 2. The van der Waals surface area contributed by atoms with Crippen molar-refractivity contribution in [3.05, 3.63) is 24.3 Å². The molecule has 1 rings (SSSR count). The number of hydrogen-bond acceptors (Lipinski definition) is 3. The topological polar surface area (TPSA) is 58.4 Å². The van der Waals surface area contributed by atoms with Crippen LogP contribution in [0.25, 0.3) is 0 Å². The molecular weight excluding hydrogens is 271 g/mol. The smallest absolute Gasteiger partial charge is 0.399 e. The Hall–Kier alpha value is -1.76. The number of nitrogens with one attached hydrogen (secondary N) is 1. The minimum absolute atomic E-state index is 0.173. The fourth-order valence-electron chi connectivity index (χ4n) is 1.68. The second kappa shape index (κ2) is 7.14. The molecule has 0 saturated heterocycles. The maximum atomic E-state index is 12.1. The number of nitrogen functional groups attached to an aromatic ring is 1. The highest BCUT2D eigenvalue weighted by Crippen LogP contribution is 2.16. The van der Waals surface area contributed by atoms with Gasteiger partial charge in [-0.2, -0.15) is 13.2 Å². The lowest BCUT2D eigenvalue weighted by Crippen LogP contribution is -2.32. The Balaban J connectivity index is 2.25. The van der Waals surface area contributed by atoms with E-state index in [0.717, 1.165) is 4.90 Å². The molecule has 1 aromatic carbocycles. The Morgan fingerprint density at radius 3 is 2.45 bits per heavy atom. The van der Waals surface area contributed by atoms with Crippen LogP contribution < -0.4 is 11.1 Å². The van der Waals surface area contributed by atoms with Crippen LogP contribution in [-0.4, -0.2) is 37.1 Å². The number of nitrogens with two attached hydrogens (primary N) is 1. The molecule has 0 spiro atoms. The third-order valence-corrected chi connectivity index (χ3v) is 2.59. The molecule has 0 heterocycles. The lowest BCUT2D eigenvalue weighted by atomic mass is 10.2. The zero-order valence-electron chi connectivity index (χ0n) is 11.2. The zero-order valence-corrected chi connectivity index (χ0v) is 11.2. The fraction of sp³-hybridized carbons (Fsp3) is 0.462. The van der Waals surface area contributed by atoms with Gasteiger partial charge in [0.15, 0.2) is 0 Å². The van der Waals surface area contributed by atoms with Crippen LogP contribution in [0.2, 0.25) is 0 Å². The molecule has 112 valence electrons. The minimum atomic E-state index is -4.21. The van der Waals surface area contributed by atoms with Gasteiger partial charge in [-0.15, -0.1) is 0 Å². The molecule has 0 saturated carbocycles. The molecule has 0 atom stereocenters. The highest BCUT2D eigenvalue weighted by molar-refractivity contribution is 5.90. The van der Waals surface area contributed by atoms with Crippen LogP contribution in [0, 0.1) is 0 Å². The molecule has 0 aliphatic rings. The van der Waals surface area contributed by atoms with E-state index >= 15 is 0 Å². The molecule has 0 radical (unpaired) electrons. The summed E-state index contributed by atoms with van der Waals surface area (Å²) in [6.45, 7) is -0.749. The number of rotatable bonds is 6. The van der Waals surface area contributed by atoms with E-state index in [0.29, 0.717) is 17.8 Å². The van der Waals surface area contributed by atoms with E-state index in [9.17, 15) is 18.0 Å². The number of alkyl halides is 3. The number of carbonyl (C=O) groups excluding carboxylic acids is 1. The summed E-state index contributed by atoms with van der Waals surface area (Å²) < 4.78 is 36.2. The largest absolute Gasteiger partial charge is 0.401 e. The first-order chi connectivity index (χ1) is 9.26. The van der Waals surface area contributed by atoms with Gasteiger partial charge in [-0.3, -0.25) is 9.69 Å². The molecule has 0 aliphatic carbocycles. The van der Waals surface area contributed by atoms with Crippen molar-refractivity contribution in [3.63, 3.8) is 0 Å². The van der Waals surface area contributed by atoms with Crippen LogP contribution in [0.15, 0.2) is 24.3 Å². The Bertz CT molecular complexity index is 431. The van der Waals surface area contributed by atoms with E-state index in [-0.39, 0.29) is 18.9 Å². The average molecular weight is 289 g/mol. The average Bonchev–Trinajstić information content (AvgIpc) is 2.29. The zero-order chi connectivity index (χ0) is 15.2. The summed E-state index contributed by atoms with van der Waals surface area (Å²) in [6.07, 6.45) is -3.67. The summed E-state index contributed by atoms with van der Waals surface area (Å²) in [5.74, 6) is -0.227. The van der Waals surface area contributed by atoms with Crippen molar-refractivity contribution in [2.24, 2.45) is 0 Å². The molecule has 0 unspecified atom stereocenters. The van der Waals surface area contributed by atoms with Crippen molar-refractivity contribution in [3.8, 4) is 0 Å². The molecule has 0 aromatic heterocycles. The maximum absolute atomic E-state index is 12.1. The first kappa shape index (κ1) is 16.3. The molecule has 0 bridgehead atoms. The van der Waals surface area contributed by atoms with Crippen LogP contribution in [0.3, 0.4) is 0 Å². The van der Waals surface area contributed by atoms with Crippen molar-refractivity contribution in [1.82, 2.24) is 4.90 Å². The van der Waals surface area contributed by atoms with E-state index in [1.165, 1.54) is 7.05 Å². The van der Waals surface area contributed by atoms with E-state index < -0.39 is 12.7 Å². The Morgan fingerprint density at radius 2 is 1.90 bits per heavy atom.